The number of hydrogen-bond donors (Lipinski definition) is 1. The third-order valence-electron chi connectivity index (χ3n) is 2.83. The molecule has 0 aromatic heterocycles. The molecule has 0 spiro atoms. The van der Waals surface area contributed by atoms with Crippen LogP contribution in [0.4, 0.5) is 10.1 Å². The summed E-state index contributed by atoms with van der Waals surface area (Å²) in [4.78, 5) is 11.7. The van der Waals surface area contributed by atoms with Crippen molar-refractivity contribution in [3.63, 3.8) is 0 Å². The number of carbonyl (C=O) groups is 1. The molecule has 0 saturated carbocycles. The number of esters is 1. The smallest absolute Gasteiger partial charge is 0.311 e. The number of halogens is 2. The molecular weight excluding hydrogens is 295 g/mol. The van der Waals surface area contributed by atoms with Crippen LogP contribution in [-0.2, 0) is 11.2 Å². The maximum atomic E-state index is 12.7. The fraction of sp³-hybridized carbons (Fsp3) is 0.133. The zero-order valence-electron chi connectivity index (χ0n) is 11.0. The monoisotopic (exact) mass is 306 g/mol. The molecule has 0 aliphatic carbocycles. The van der Waals surface area contributed by atoms with Gasteiger partial charge in [-0.05, 0) is 42.8 Å². The zero-order valence-corrected chi connectivity index (χ0v) is 11.7. The van der Waals surface area contributed by atoms with Gasteiger partial charge in [0.1, 0.15) is 11.6 Å². The lowest BCUT2D eigenvalue weighted by molar-refractivity contribution is -0.380. The van der Waals surface area contributed by atoms with E-state index >= 15 is 0 Å². The number of ether oxygens (including phenoxy) is 1. The van der Waals surface area contributed by atoms with Crippen LogP contribution in [0.25, 0.3) is 5.53 Å². The lowest BCUT2D eigenvalue weighted by atomic mass is 10.1. The molecule has 0 atom stereocenters. The van der Waals surface area contributed by atoms with Crippen molar-refractivity contribution in [1.82, 2.24) is 0 Å². The van der Waals surface area contributed by atoms with Crippen LogP contribution < -0.4 is 9.85 Å². The first-order valence-corrected chi connectivity index (χ1v) is 6.61. The van der Waals surface area contributed by atoms with Crippen molar-refractivity contribution < 1.29 is 19.0 Å². The van der Waals surface area contributed by atoms with Crippen LogP contribution in [0.5, 0.6) is 5.75 Å². The van der Waals surface area contributed by atoms with Crippen LogP contribution in [0.1, 0.15) is 12.0 Å². The molecule has 0 saturated heterocycles. The van der Waals surface area contributed by atoms with Gasteiger partial charge in [0.05, 0.1) is 6.42 Å². The van der Waals surface area contributed by atoms with E-state index in [0.29, 0.717) is 22.7 Å². The molecule has 108 valence electrons. The Bertz CT molecular complexity index is 659. The van der Waals surface area contributed by atoms with Crippen LogP contribution in [0.15, 0.2) is 42.5 Å². The normalized spacial score (nSPS) is 10.2. The fourth-order valence-electron chi connectivity index (χ4n) is 1.80. The lowest BCUT2D eigenvalue weighted by Gasteiger charge is -2.05. The van der Waals surface area contributed by atoms with Crippen molar-refractivity contribution in [2.45, 2.75) is 12.8 Å². The van der Waals surface area contributed by atoms with Gasteiger partial charge in [0.2, 0.25) is 0 Å². The molecule has 1 N–H and O–H groups in total. The minimum Gasteiger partial charge on any atom is -0.502 e. The highest BCUT2D eigenvalue weighted by atomic mass is 35.5. The minimum atomic E-state index is -0.453. The lowest BCUT2D eigenvalue weighted by Crippen LogP contribution is -2.55. The molecule has 6 heteroatoms. The predicted octanol–water partition coefficient (Wildman–Crippen LogP) is 2.75. The summed E-state index contributed by atoms with van der Waals surface area (Å²) in [7, 11) is 0. The van der Waals surface area contributed by atoms with Gasteiger partial charge in [-0.1, -0.05) is 11.6 Å². The van der Waals surface area contributed by atoms with E-state index in [9.17, 15) is 9.18 Å². The molecule has 0 heterocycles. The Morgan fingerprint density at radius 2 is 1.95 bits per heavy atom. The molecule has 0 aliphatic heterocycles. The maximum Gasteiger partial charge on any atom is 0.311 e. The van der Waals surface area contributed by atoms with Gasteiger partial charge in [0.25, 0.3) is 0 Å². The molecule has 4 nitrogen and oxygen atoms in total. The fourth-order valence-corrected chi connectivity index (χ4v) is 1.99. The van der Waals surface area contributed by atoms with E-state index in [0.717, 1.165) is 0 Å². The first-order valence-electron chi connectivity index (χ1n) is 6.23. The third-order valence-corrected chi connectivity index (χ3v) is 3.07. The highest BCUT2D eigenvalue weighted by molar-refractivity contribution is 6.30. The van der Waals surface area contributed by atoms with Gasteiger partial charge in [0.15, 0.2) is 5.69 Å². The molecule has 0 aliphatic rings. The van der Waals surface area contributed by atoms with Gasteiger partial charge in [0, 0.05) is 16.7 Å². The quantitative estimate of drug-likeness (QED) is 0.524. The first kappa shape index (κ1) is 15.1. The van der Waals surface area contributed by atoms with Crippen molar-refractivity contribution in [2.24, 2.45) is 0 Å². The standard InChI is InChI=1S/C15H12ClFN2O2/c16-11-2-7-14(19-18)10(9-11)1-8-15(20)21-13-5-3-12(17)4-6-13/h2-7,9,19H,1,8H2. The second-order valence-corrected chi connectivity index (χ2v) is 4.78. The van der Waals surface area contributed by atoms with Crippen molar-refractivity contribution in [2.75, 3.05) is 0 Å². The number of benzene rings is 2. The Kier molecular flexibility index (Phi) is 5.00. The van der Waals surface area contributed by atoms with Gasteiger partial charge < -0.3 is 10.3 Å². The largest absolute Gasteiger partial charge is 0.502 e. The second kappa shape index (κ2) is 6.95. The number of aryl methyl sites for hydroxylation is 1. The summed E-state index contributed by atoms with van der Waals surface area (Å²) in [5.41, 5.74) is 10.2. The molecule has 0 fully saturated rings. The Balaban J connectivity index is 1.96. The molecule has 0 unspecified atom stereocenters. The predicted molar refractivity (Wildman–Crippen MR) is 75.8 cm³/mol. The topological polar surface area (TPSA) is 62.6 Å². The van der Waals surface area contributed by atoms with Gasteiger partial charge in [-0.15, -0.1) is 0 Å². The summed E-state index contributed by atoms with van der Waals surface area (Å²) in [6, 6.07) is 10.1. The Morgan fingerprint density at radius 3 is 2.62 bits per heavy atom. The van der Waals surface area contributed by atoms with Crippen molar-refractivity contribution >= 4 is 23.3 Å². The number of hydrogen-bond acceptors (Lipinski definition) is 2. The summed E-state index contributed by atoms with van der Waals surface area (Å²) in [6.45, 7) is 0. The van der Waals surface area contributed by atoms with Gasteiger partial charge in [-0.25, -0.2) is 4.39 Å². The molecule has 21 heavy (non-hydrogen) atoms. The highest BCUT2D eigenvalue weighted by Crippen LogP contribution is 2.19. The van der Waals surface area contributed by atoms with Crippen LogP contribution in [-0.4, -0.2) is 5.97 Å². The van der Waals surface area contributed by atoms with Gasteiger partial charge in [-0.3, -0.25) is 9.91 Å². The summed E-state index contributed by atoms with van der Waals surface area (Å²) in [5.74, 6) is -0.564. The Morgan fingerprint density at radius 1 is 1.24 bits per heavy atom. The van der Waals surface area contributed by atoms with Crippen LogP contribution in [0.2, 0.25) is 5.02 Å². The van der Waals surface area contributed by atoms with E-state index in [1.54, 1.807) is 18.2 Å². The SMILES string of the molecule is [N-]=[NH+]c1ccc(Cl)cc1CCC(=O)Oc1ccc(F)cc1. The van der Waals surface area contributed by atoms with E-state index in [1.165, 1.54) is 24.3 Å². The summed E-state index contributed by atoms with van der Waals surface area (Å²) in [5, 5.41) is 2.56. The molecule has 0 radical (unpaired) electrons. The number of carbonyl (C=O) groups excluding carboxylic acids is 1. The van der Waals surface area contributed by atoms with Crippen molar-refractivity contribution in [3.8, 4) is 5.75 Å². The summed E-state index contributed by atoms with van der Waals surface area (Å²) in [6.07, 6.45) is 0.454. The molecule has 2 aromatic rings. The van der Waals surface area contributed by atoms with Crippen LogP contribution >= 0.6 is 11.6 Å². The summed E-state index contributed by atoms with van der Waals surface area (Å²) < 4.78 is 17.8. The van der Waals surface area contributed by atoms with Gasteiger partial charge in [-0.2, -0.15) is 0 Å². The van der Waals surface area contributed by atoms with Crippen LogP contribution in [0, 0.1) is 5.82 Å². The number of rotatable bonds is 5. The Hall–Kier alpha value is -2.27. The number of nitrogens with one attached hydrogen (secondary N) is 1. The first-order chi connectivity index (χ1) is 10.1. The highest BCUT2D eigenvalue weighted by Gasteiger charge is 2.10. The minimum absolute atomic E-state index is 0.104. The molecule has 0 amide bonds. The number of nitrogens with zero attached hydrogens (tertiary/aromatic N) is 1. The molecule has 2 rings (SSSR count). The average Bonchev–Trinajstić information content (AvgIpc) is 2.48. The average molecular weight is 307 g/mol. The van der Waals surface area contributed by atoms with Gasteiger partial charge >= 0.3 is 5.97 Å². The van der Waals surface area contributed by atoms with E-state index in [1.807, 2.05) is 0 Å². The maximum absolute atomic E-state index is 12.7. The van der Waals surface area contributed by atoms with E-state index in [-0.39, 0.29) is 12.2 Å². The van der Waals surface area contributed by atoms with E-state index in [4.69, 9.17) is 21.9 Å². The zero-order chi connectivity index (χ0) is 15.2. The van der Waals surface area contributed by atoms with Crippen molar-refractivity contribution in [1.29, 1.82) is 0 Å². The van der Waals surface area contributed by atoms with Crippen LogP contribution in [0.3, 0.4) is 0 Å². The summed E-state index contributed by atoms with van der Waals surface area (Å²) >= 11 is 5.87. The molecule has 0 bridgehead atoms. The van der Waals surface area contributed by atoms with Crippen molar-refractivity contribution in [3.05, 3.63) is 64.4 Å². The molecular formula is C15H12ClFN2O2. The second-order valence-electron chi connectivity index (χ2n) is 4.34. The molecule has 2 aromatic carbocycles. The Labute approximate surface area is 126 Å². The van der Waals surface area contributed by atoms with E-state index in [2.05, 4.69) is 5.11 Å². The van der Waals surface area contributed by atoms with E-state index < -0.39 is 11.8 Å². The third kappa shape index (κ3) is 4.36.